The summed E-state index contributed by atoms with van der Waals surface area (Å²) in [4.78, 5) is 18.3. The van der Waals surface area contributed by atoms with Crippen LogP contribution in [0, 0.1) is 12.7 Å². The normalized spacial score (nSPS) is 14.9. The van der Waals surface area contributed by atoms with Crippen LogP contribution in [-0.4, -0.2) is 63.3 Å². The van der Waals surface area contributed by atoms with Crippen LogP contribution in [0.4, 0.5) is 22.1 Å². The van der Waals surface area contributed by atoms with E-state index in [1.807, 2.05) is 19.1 Å². The molecule has 0 saturated carbocycles. The van der Waals surface area contributed by atoms with Crippen LogP contribution >= 0.6 is 0 Å². The fraction of sp³-hybridized carbons (Fsp3) is 0.400. The fourth-order valence-electron chi connectivity index (χ4n) is 3.27. The van der Waals surface area contributed by atoms with Crippen LogP contribution in [-0.2, 0) is 12.8 Å². The largest absolute Gasteiger partial charge is 0.338 e. The Bertz CT molecular complexity index is 965. The van der Waals surface area contributed by atoms with Gasteiger partial charge in [0.2, 0.25) is 11.9 Å². The second kappa shape index (κ2) is 8.52. The molecule has 0 amide bonds. The summed E-state index contributed by atoms with van der Waals surface area (Å²) in [6.45, 7) is 5.55. The first-order chi connectivity index (χ1) is 14.1. The number of hydrogen-bond donors (Lipinski definition) is 2. The summed E-state index contributed by atoms with van der Waals surface area (Å²) in [6, 6.07) is 8.70. The van der Waals surface area contributed by atoms with E-state index >= 15 is 0 Å². The zero-order valence-corrected chi connectivity index (χ0v) is 16.7. The molecule has 0 atom stereocenters. The monoisotopic (exact) mass is 396 g/mol. The Balaban J connectivity index is 1.57. The van der Waals surface area contributed by atoms with E-state index in [9.17, 15) is 4.39 Å². The number of aromatic amines is 1. The summed E-state index contributed by atoms with van der Waals surface area (Å²) < 4.78 is 14.0. The van der Waals surface area contributed by atoms with Gasteiger partial charge >= 0.3 is 0 Å². The molecule has 152 valence electrons. The van der Waals surface area contributed by atoms with Crippen molar-refractivity contribution in [1.82, 2.24) is 30.0 Å². The molecule has 1 aromatic carbocycles. The smallest absolute Gasteiger partial charge is 0.233 e. The molecule has 4 rings (SSSR count). The number of rotatable bonds is 6. The molecule has 9 heteroatoms. The highest BCUT2D eigenvalue weighted by Crippen LogP contribution is 2.18. The summed E-state index contributed by atoms with van der Waals surface area (Å²) in [7, 11) is 2.11. The average molecular weight is 396 g/mol. The number of benzene rings is 1. The maximum atomic E-state index is 14.0. The van der Waals surface area contributed by atoms with Crippen LogP contribution in [0.15, 0.2) is 30.3 Å². The zero-order valence-electron chi connectivity index (χ0n) is 16.7. The van der Waals surface area contributed by atoms with Crippen LogP contribution < -0.4 is 10.2 Å². The lowest BCUT2D eigenvalue weighted by Gasteiger charge is -2.32. The van der Waals surface area contributed by atoms with Gasteiger partial charge in [0.1, 0.15) is 11.6 Å². The molecule has 1 saturated heterocycles. The molecular weight excluding hydrogens is 371 g/mol. The molecule has 29 heavy (non-hydrogen) atoms. The van der Waals surface area contributed by atoms with Crippen molar-refractivity contribution in [3.05, 3.63) is 53.2 Å². The molecule has 0 radical (unpaired) electrons. The van der Waals surface area contributed by atoms with Crippen molar-refractivity contribution in [2.75, 3.05) is 43.4 Å². The fourth-order valence-corrected chi connectivity index (χ4v) is 3.27. The average Bonchev–Trinajstić information content (AvgIpc) is 3.12. The van der Waals surface area contributed by atoms with Crippen molar-refractivity contribution in [3.8, 4) is 0 Å². The summed E-state index contributed by atoms with van der Waals surface area (Å²) in [5.41, 5.74) is 1.60. The van der Waals surface area contributed by atoms with E-state index in [2.05, 4.69) is 47.3 Å². The maximum Gasteiger partial charge on any atom is 0.233 e. The summed E-state index contributed by atoms with van der Waals surface area (Å²) >= 11 is 0. The molecule has 2 N–H and O–H groups in total. The summed E-state index contributed by atoms with van der Waals surface area (Å²) in [5, 5.41) is 10.2. The molecule has 2 aromatic heterocycles. The lowest BCUT2D eigenvalue weighted by molar-refractivity contribution is 0.311. The molecule has 3 aromatic rings. The molecule has 8 nitrogen and oxygen atoms in total. The Labute approximate surface area is 169 Å². The molecular formula is C20H25FN8. The van der Waals surface area contributed by atoms with Crippen LogP contribution in [0.2, 0.25) is 0 Å². The van der Waals surface area contributed by atoms with Gasteiger partial charge in [0, 0.05) is 44.4 Å². The number of aromatic nitrogens is 5. The molecule has 1 aliphatic rings. The number of piperazine rings is 1. The minimum absolute atomic E-state index is 0.203. The predicted octanol–water partition coefficient (Wildman–Crippen LogP) is 2.32. The first-order valence-corrected chi connectivity index (χ1v) is 9.78. The standard InChI is InChI=1S/C20H25FN8/c1-14-13-18(27-26-14)23-19-22-17(8-7-15-5-3-4-6-16(15)21)24-20(25-19)29-11-9-28(2)10-12-29/h3-6,13H,7-12H2,1-2H3,(H2,22,23,24,25,26,27). The van der Waals surface area contributed by atoms with Gasteiger partial charge in [-0.3, -0.25) is 5.10 Å². The van der Waals surface area contributed by atoms with Gasteiger partial charge in [-0.1, -0.05) is 18.2 Å². The SMILES string of the molecule is Cc1cc(Nc2nc(CCc3ccccc3F)nc(N3CCN(C)CC3)n2)n[nH]1. The Morgan fingerprint density at radius 2 is 1.86 bits per heavy atom. The Morgan fingerprint density at radius 1 is 1.07 bits per heavy atom. The Hall–Kier alpha value is -3.07. The van der Waals surface area contributed by atoms with Gasteiger partial charge in [0.15, 0.2) is 5.82 Å². The first kappa shape index (κ1) is 19.3. The Kier molecular flexibility index (Phi) is 5.66. The van der Waals surface area contributed by atoms with Crippen LogP contribution in [0.3, 0.4) is 0 Å². The molecule has 0 bridgehead atoms. The second-order valence-electron chi connectivity index (χ2n) is 7.32. The molecule has 0 unspecified atom stereocenters. The van der Waals surface area contributed by atoms with E-state index in [0.717, 1.165) is 31.9 Å². The molecule has 1 aliphatic heterocycles. The van der Waals surface area contributed by atoms with Crippen molar-refractivity contribution in [1.29, 1.82) is 0 Å². The highest BCUT2D eigenvalue weighted by atomic mass is 19.1. The molecule has 3 heterocycles. The number of nitrogens with zero attached hydrogens (tertiary/aromatic N) is 6. The highest BCUT2D eigenvalue weighted by Gasteiger charge is 2.19. The number of hydrogen-bond acceptors (Lipinski definition) is 7. The van der Waals surface area contributed by atoms with Crippen LogP contribution in [0.1, 0.15) is 17.1 Å². The summed E-state index contributed by atoms with van der Waals surface area (Å²) in [6.07, 6.45) is 1.05. The lowest BCUT2D eigenvalue weighted by atomic mass is 10.1. The number of nitrogens with one attached hydrogen (secondary N) is 2. The second-order valence-corrected chi connectivity index (χ2v) is 7.32. The Morgan fingerprint density at radius 3 is 2.59 bits per heavy atom. The third-order valence-corrected chi connectivity index (χ3v) is 4.98. The van der Waals surface area contributed by atoms with E-state index in [4.69, 9.17) is 0 Å². The van der Waals surface area contributed by atoms with Crippen LogP contribution in [0.5, 0.6) is 0 Å². The van der Waals surface area contributed by atoms with Crippen molar-refractivity contribution < 1.29 is 4.39 Å². The topological polar surface area (TPSA) is 85.9 Å². The lowest BCUT2D eigenvalue weighted by Crippen LogP contribution is -2.45. The molecule has 1 fully saturated rings. The van der Waals surface area contributed by atoms with E-state index in [1.165, 1.54) is 6.07 Å². The minimum atomic E-state index is -0.203. The van der Waals surface area contributed by atoms with Gasteiger partial charge in [-0.15, -0.1) is 0 Å². The van der Waals surface area contributed by atoms with Crippen molar-refractivity contribution in [2.24, 2.45) is 0 Å². The number of H-pyrrole nitrogens is 1. The van der Waals surface area contributed by atoms with E-state index in [-0.39, 0.29) is 5.82 Å². The van der Waals surface area contributed by atoms with Crippen molar-refractivity contribution >= 4 is 17.7 Å². The number of halogens is 1. The third-order valence-electron chi connectivity index (χ3n) is 4.98. The molecule has 0 aliphatic carbocycles. The number of aryl methyl sites for hydroxylation is 3. The number of likely N-dealkylation sites (N-methyl/N-ethyl adjacent to an activating group) is 1. The quantitative estimate of drug-likeness (QED) is 0.661. The molecule has 0 spiro atoms. The van der Waals surface area contributed by atoms with Gasteiger partial charge in [0.25, 0.3) is 0 Å². The predicted molar refractivity (Wildman–Crippen MR) is 110 cm³/mol. The van der Waals surface area contributed by atoms with Gasteiger partial charge in [0.05, 0.1) is 0 Å². The van der Waals surface area contributed by atoms with E-state index in [0.29, 0.717) is 41.9 Å². The maximum absolute atomic E-state index is 14.0. The van der Waals surface area contributed by atoms with Gasteiger partial charge in [-0.2, -0.15) is 20.1 Å². The van der Waals surface area contributed by atoms with Gasteiger partial charge < -0.3 is 15.1 Å². The first-order valence-electron chi connectivity index (χ1n) is 9.78. The highest BCUT2D eigenvalue weighted by molar-refractivity contribution is 5.50. The van der Waals surface area contributed by atoms with Crippen LogP contribution in [0.25, 0.3) is 0 Å². The summed E-state index contributed by atoms with van der Waals surface area (Å²) in [5.74, 6) is 2.17. The van der Waals surface area contributed by atoms with Crippen molar-refractivity contribution in [3.63, 3.8) is 0 Å². The number of anilines is 3. The van der Waals surface area contributed by atoms with E-state index < -0.39 is 0 Å². The zero-order chi connectivity index (χ0) is 20.2. The minimum Gasteiger partial charge on any atom is -0.338 e. The third kappa shape index (κ3) is 4.86. The van der Waals surface area contributed by atoms with E-state index in [1.54, 1.807) is 12.1 Å². The van der Waals surface area contributed by atoms with Gasteiger partial charge in [-0.25, -0.2) is 4.39 Å². The van der Waals surface area contributed by atoms with Gasteiger partial charge in [-0.05, 0) is 32.0 Å². The van der Waals surface area contributed by atoms with Crippen molar-refractivity contribution in [2.45, 2.75) is 19.8 Å².